The minimum Gasteiger partial charge on any atom is -0.346 e. The Balaban J connectivity index is 1.71. The number of carbonyl (C=O) groups excluding carboxylic acids is 2. The number of hydrogen-bond acceptors (Lipinski definition) is 2. The second kappa shape index (κ2) is 4.36. The fourth-order valence-corrected chi connectivity index (χ4v) is 5.34. The zero-order chi connectivity index (χ0) is 12.8. The van der Waals surface area contributed by atoms with Gasteiger partial charge >= 0.3 is 0 Å². The molecule has 4 fully saturated rings. The van der Waals surface area contributed by atoms with E-state index >= 15 is 0 Å². The van der Waals surface area contributed by atoms with Crippen molar-refractivity contribution in [3.05, 3.63) is 0 Å². The Morgan fingerprint density at radius 2 is 1.72 bits per heavy atom. The van der Waals surface area contributed by atoms with E-state index in [1.54, 1.807) is 0 Å². The van der Waals surface area contributed by atoms with E-state index in [9.17, 15) is 9.59 Å². The molecule has 99 valence electrons. The summed E-state index contributed by atoms with van der Waals surface area (Å²) >= 11 is 0. The van der Waals surface area contributed by atoms with Gasteiger partial charge in [0.2, 0.25) is 12.2 Å². The van der Waals surface area contributed by atoms with Crippen LogP contribution in [0.3, 0.4) is 0 Å². The van der Waals surface area contributed by atoms with Gasteiger partial charge in [0.05, 0.1) is 6.04 Å². The number of hydrogen-bond donors (Lipinski definition) is 1. The Morgan fingerprint density at radius 3 is 2.11 bits per heavy atom. The second-order valence-corrected chi connectivity index (χ2v) is 6.99. The van der Waals surface area contributed by atoms with Crippen molar-refractivity contribution in [1.82, 2.24) is 5.32 Å². The first-order chi connectivity index (χ1) is 8.58. The molecule has 4 rings (SSSR count). The van der Waals surface area contributed by atoms with Crippen LogP contribution >= 0.6 is 0 Å². The molecule has 1 amide bonds. The van der Waals surface area contributed by atoms with Gasteiger partial charge < -0.3 is 5.32 Å². The molecule has 0 aromatic rings. The van der Waals surface area contributed by atoms with Crippen LogP contribution in [0.1, 0.15) is 51.9 Å². The molecule has 0 aromatic carbocycles. The van der Waals surface area contributed by atoms with E-state index in [1.807, 2.05) is 6.29 Å². The maximum atomic E-state index is 11.1. The van der Waals surface area contributed by atoms with Gasteiger partial charge in [-0.05, 0) is 68.1 Å². The summed E-state index contributed by atoms with van der Waals surface area (Å²) < 4.78 is 0. The summed E-state index contributed by atoms with van der Waals surface area (Å²) in [7, 11) is 0. The molecular formula is C15H22NO2. The van der Waals surface area contributed by atoms with Crippen LogP contribution in [0, 0.1) is 23.2 Å². The fourth-order valence-electron chi connectivity index (χ4n) is 5.34. The third kappa shape index (κ3) is 2.19. The Kier molecular flexibility index (Phi) is 2.95. The molecule has 1 radical (unpaired) electrons. The summed E-state index contributed by atoms with van der Waals surface area (Å²) in [5.74, 6) is 2.55. The summed E-state index contributed by atoms with van der Waals surface area (Å²) in [6, 6.07) is -0.390. The van der Waals surface area contributed by atoms with Gasteiger partial charge in [-0.1, -0.05) is 0 Å². The molecule has 1 atom stereocenters. The first-order valence-corrected chi connectivity index (χ1v) is 7.23. The molecule has 0 aliphatic heterocycles. The van der Waals surface area contributed by atoms with Crippen LogP contribution in [0.2, 0.25) is 0 Å². The maximum absolute atomic E-state index is 11.1. The third-order valence-electron chi connectivity index (χ3n) is 5.32. The van der Waals surface area contributed by atoms with Crippen molar-refractivity contribution >= 4 is 12.2 Å². The summed E-state index contributed by atoms with van der Waals surface area (Å²) in [6.07, 6.45) is 10.9. The molecule has 4 aliphatic carbocycles. The largest absolute Gasteiger partial charge is 0.346 e. The molecule has 3 nitrogen and oxygen atoms in total. The van der Waals surface area contributed by atoms with Crippen molar-refractivity contribution in [2.45, 2.75) is 57.9 Å². The molecule has 3 heteroatoms. The maximum Gasteiger partial charge on any atom is 0.222 e. The van der Waals surface area contributed by atoms with Gasteiger partial charge in [0.15, 0.2) is 0 Å². The standard InChI is InChI=1S/C15H22NO2/c1-10(18)16-14(9-17)8-15-5-11-2-12(6-15)4-13(3-11)7-15/h11-14H,2-8H2,1H3,(H,16,18)/t11?,12?,13?,14-,15?/m0/s1. The topological polar surface area (TPSA) is 46.2 Å². The zero-order valence-corrected chi connectivity index (χ0v) is 11.1. The minimum atomic E-state index is -0.390. The van der Waals surface area contributed by atoms with Crippen molar-refractivity contribution in [2.24, 2.45) is 23.2 Å². The zero-order valence-electron chi connectivity index (χ0n) is 11.1. The van der Waals surface area contributed by atoms with Crippen LogP contribution < -0.4 is 5.32 Å². The highest BCUT2D eigenvalue weighted by atomic mass is 16.2. The van der Waals surface area contributed by atoms with E-state index in [-0.39, 0.29) is 5.91 Å². The van der Waals surface area contributed by atoms with Gasteiger partial charge in [-0.2, -0.15) is 0 Å². The molecule has 0 unspecified atom stereocenters. The molecule has 0 heterocycles. The predicted octanol–water partition coefficient (Wildman–Crippen LogP) is 2.21. The van der Waals surface area contributed by atoms with Crippen molar-refractivity contribution < 1.29 is 9.59 Å². The molecule has 18 heavy (non-hydrogen) atoms. The van der Waals surface area contributed by atoms with Crippen molar-refractivity contribution in [3.63, 3.8) is 0 Å². The van der Waals surface area contributed by atoms with Crippen LogP contribution in [0.25, 0.3) is 0 Å². The molecular weight excluding hydrogens is 226 g/mol. The molecule has 4 aliphatic rings. The number of carbonyl (C=O) groups is 1. The first kappa shape index (κ1) is 12.2. The second-order valence-electron chi connectivity index (χ2n) is 6.99. The highest BCUT2D eigenvalue weighted by Crippen LogP contribution is 2.61. The van der Waals surface area contributed by atoms with Crippen LogP contribution in [-0.2, 0) is 9.59 Å². The van der Waals surface area contributed by atoms with Crippen LogP contribution in [0.4, 0.5) is 0 Å². The smallest absolute Gasteiger partial charge is 0.222 e. The average molecular weight is 248 g/mol. The lowest BCUT2D eigenvalue weighted by atomic mass is 9.48. The Hall–Kier alpha value is -0.860. The predicted molar refractivity (Wildman–Crippen MR) is 68.5 cm³/mol. The highest BCUT2D eigenvalue weighted by Gasteiger charge is 2.51. The molecule has 4 bridgehead atoms. The van der Waals surface area contributed by atoms with E-state index in [4.69, 9.17) is 0 Å². The Labute approximate surface area is 109 Å². The van der Waals surface area contributed by atoms with E-state index < -0.39 is 6.04 Å². The van der Waals surface area contributed by atoms with Crippen LogP contribution in [-0.4, -0.2) is 18.2 Å². The summed E-state index contributed by atoms with van der Waals surface area (Å²) in [5.41, 5.74) is 0.333. The van der Waals surface area contributed by atoms with Gasteiger partial charge in [-0.25, -0.2) is 0 Å². The number of rotatable bonds is 4. The minimum absolute atomic E-state index is 0.118. The Morgan fingerprint density at radius 1 is 1.22 bits per heavy atom. The van der Waals surface area contributed by atoms with Crippen LogP contribution in [0.15, 0.2) is 0 Å². The normalized spacial score (nSPS) is 42.6. The van der Waals surface area contributed by atoms with Crippen LogP contribution in [0.5, 0.6) is 0 Å². The monoisotopic (exact) mass is 248 g/mol. The number of nitrogens with one attached hydrogen (secondary N) is 1. The van der Waals surface area contributed by atoms with Gasteiger partial charge in [-0.15, -0.1) is 0 Å². The fraction of sp³-hybridized carbons (Fsp3) is 0.867. The van der Waals surface area contributed by atoms with E-state index in [1.165, 1.54) is 45.4 Å². The van der Waals surface area contributed by atoms with Gasteiger partial charge in [-0.3, -0.25) is 9.59 Å². The summed E-state index contributed by atoms with van der Waals surface area (Å²) in [6.45, 7) is 1.48. The van der Waals surface area contributed by atoms with Crippen molar-refractivity contribution in [2.75, 3.05) is 0 Å². The summed E-state index contributed by atoms with van der Waals surface area (Å²) in [5, 5.41) is 2.74. The quantitative estimate of drug-likeness (QED) is 0.829. The lowest BCUT2D eigenvalue weighted by Gasteiger charge is -2.57. The molecule has 0 spiro atoms. The van der Waals surface area contributed by atoms with Crippen molar-refractivity contribution in [3.8, 4) is 0 Å². The van der Waals surface area contributed by atoms with E-state index in [0.717, 1.165) is 24.2 Å². The number of amides is 1. The van der Waals surface area contributed by atoms with E-state index in [0.29, 0.717) is 5.41 Å². The molecule has 1 N–H and O–H groups in total. The molecule has 0 aromatic heterocycles. The molecule has 4 saturated carbocycles. The lowest BCUT2D eigenvalue weighted by Crippen LogP contribution is -2.49. The van der Waals surface area contributed by atoms with Crippen molar-refractivity contribution in [1.29, 1.82) is 0 Å². The SMILES string of the molecule is CC(=O)N[C@H]([C]=O)CC12CC3CC(CC(C3)C1)C2. The third-order valence-corrected chi connectivity index (χ3v) is 5.32. The highest BCUT2D eigenvalue weighted by molar-refractivity contribution is 5.77. The first-order valence-electron chi connectivity index (χ1n) is 7.23. The van der Waals surface area contributed by atoms with Gasteiger partial charge in [0.1, 0.15) is 0 Å². The Bertz CT molecular complexity index is 328. The van der Waals surface area contributed by atoms with Gasteiger partial charge in [0.25, 0.3) is 0 Å². The van der Waals surface area contributed by atoms with E-state index in [2.05, 4.69) is 5.32 Å². The summed E-state index contributed by atoms with van der Waals surface area (Å²) in [4.78, 5) is 22.1. The van der Waals surface area contributed by atoms with Gasteiger partial charge in [0, 0.05) is 6.92 Å². The average Bonchev–Trinajstić information content (AvgIpc) is 2.25. The lowest BCUT2D eigenvalue weighted by molar-refractivity contribution is -0.119. The molecule has 0 saturated heterocycles.